The van der Waals surface area contributed by atoms with Gasteiger partial charge in [0.05, 0.1) is 11.7 Å². The van der Waals surface area contributed by atoms with E-state index in [1.165, 1.54) is 32.4 Å². The van der Waals surface area contributed by atoms with Crippen LogP contribution >= 0.6 is 0 Å². The first-order valence-corrected chi connectivity index (χ1v) is 17.2. The predicted molar refractivity (Wildman–Crippen MR) is 178 cm³/mol. The molecule has 0 bridgehead atoms. The molecule has 0 aliphatic carbocycles. The second kappa shape index (κ2) is 13.7. The Morgan fingerprint density at radius 1 is 0.870 bits per heavy atom. The number of likely N-dealkylation sites (tertiary alicyclic amines) is 3. The highest BCUT2D eigenvalue weighted by Crippen LogP contribution is 2.26. The molecule has 1 unspecified atom stereocenters. The van der Waals surface area contributed by atoms with E-state index in [9.17, 15) is 14.4 Å². The first-order valence-electron chi connectivity index (χ1n) is 17.2. The van der Waals surface area contributed by atoms with Gasteiger partial charge in [-0.3, -0.25) is 9.89 Å². The summed E-state index contributed by atoms with van der Waals surface area (Å²) in [6.45, 7) is 5.51. The minimum Gasteiger partial charge on any atom is -0.341 e. The largest absolute Gasteiger partial charge is 0.341 e. The number of nitrogens with one attached hydrogen (secondary N) is 3. The normalized spacial score (nSPS) is 21.0. The summed E-state index contributed by atoms with van der Waals surface area (Å²) in [7, 11) is 0. The van der Waals surface area contributed by atoms with E-state index in [4.69, 9.17) is 0 Å². The van der Waals surface area contributed by atoms with Crippen molar-refractivity contribution in [1.82, 2.24) is 35.1 Å². The van der Waals surface area contributed by atoms with Crippen molar-refractivity contribution < 1.29 is 14.4 Å². The maximum absolute atomic E-state index is 14.0. The molecule has 3 saturated heterocycles. The van der Waals surface area contributed by atoms with Crippen molar-refractivity contribution in [3.05, 3.63) is 59.8 Å². The maximum Gasteiger partial charge on any atom is 0.322 e. The molecular formula is C35H46N8O3. The number of nitrogens with zero attached hydrogens (tertiary/aromatic N) is 5. The van der Waals surface area contributed by atoms with Crippen LogP contribution in [0.4, 0.5) is 15.3 Å². The topological polar surface area (TPSA) is 117 Å². The van der Waals surface area contributed by atoms with Crippen molar-refractivity contribution in [3.8, 4) is 0 Å². The third-order valence-electron chi connectivity index (χ3n) is 10.6. The van der Waals surface area contributed by atoms with Crippen molar-refractivity contribution in [2.45, 2.75) is 75.9 Å². The summed E-state index contributed by atoms with van der Waals surface area (Å²) in [5, 5.41) is 14.3. The van der Waals surface area contributed by atoms with E-state index in [0.29, 0.717) is 44.9 Å². The fourth-order valence-corrected chi connectivity index (χ4v) is 7.87. The molecular weight excluding hydrogens is 580 g/mol. The summed E-state index contributed by atoms with van der Waals surface area (Å²) in [4.78, 5) is 49.1. The second-order valence-corrected chi connectivity index (χ2v) is 13.4. The lowest BCUT2D eigenvalue weighted by Gasteiger charge is -2.41. The fraction of sp³-hybridized carbons (Fsp3) is 0.543. The molecule has 46 heavy (non-hydrogen) atoms. The fourth-order valence-electron chi connectivity index (χ4n) is 7.87. The van der Waals surface area contributed by atoms with Gasteiger partial charge in [0.15, 0.2) is 0 Å². The summed E-state index contributed by atoms with van der Waals surface area (Å²) in [6, 6.07) is 13.7. The molecule has 0 radical (unpaired) electrons. The van der Waals surface area contributed by atoms with Gasteiger partial charge in [-0.25, -0.2) is 9.59 Å². The third-order valence-corrected chi connectivity index (χ3v) is 10.6. The molecule has 244 valence electrons. The van der Waals surface area contributed by atoms with E-state index in [1.807, 2.05) is 51.1 Å². The molecule has 3 aromatic rings. The van der Waals surface area contributed by atoms with E-state index in [0.717, 1.165) is 60.1 Å². The Kier molecular flexibility index (Phi) is 9.09. The van der Waals surface area contributed by atoms with Crippen LogP contribution in [0.25, 0.3) is 10.9 Å². The molecule has 11 nitrogen and oxygen atoms in total. The van der Waals surface area contributed by atoms with Crippen LogP contribution in [0.3, 0.4) is 0 Å². The molecule has 2 aromatic carbocycles. The van der Waals surface area contributed by atoms with Gasteiger partial charge >= 0.3 is 12.1 Å². The lowest BCUT2D eigenvalue weighted by atomic mass is 9.98. The molecule has 0 spiro atoms. The van der Waals surface area contributed by atoms with Gasteiger partial charge in [-0.15, -0.1) is 0 Å². The molecule has 3 N–H and O–H groups in total. The number of para-hydroxylation sites is 1. The Labute approximate surface area is 270 Å². The molecule has 1 aromatic heterocycles. The molecule has 5 heterocycles. The van der Waals surface area contributed by atoms with Crippen LogP contribution in [0.2, 0.25) is 0 Å². The molecule has 4 aliphatic rings. The van der Waals surface area contributed by atoms with Crippen LogP contribution in [-0.4, -0.2) is 112 Å². The Hall–Kier alpha value is -4.12. The van der Waals surface area contributed by atoms with E-state index in [-0.39, 0.29) is 24.0 Å². The first-order chi connectivity index (χ1) is 22.5. The van der Waals surface area contributed by atoms with Gasteiger partial charge < -0.3 is 30.2 Å². The Morgan fingerprint density at radius 2 is 1.61 bits per heavy atom. The number of hydrogen-bond donors (Lipinski definition) is 3. The van der Waals surface area contributed by atoms with Gasteiger partial charge in [0.25, 0.3) is 0 Å². The van der Waals surface area contributed by atoms with Crippen molar-refractivity contribution >= 4 is 34.6 Å². The molecule has 7 rings (SSSR count). The van der Waals surface area contributed by atoms with E-state index < -0.39 is 6.04 Å². The molecule has 0 saturated carbocycles. The first kappa shape index (κ1) is 30.5. The summed E-state index contributed by atoms with van der Waals surface area (Å²) in [6.07, 6.45) is 10.2. The number of urea groups is 2. The monoisotopic (exact) mass is 626 g/mol. The average molecular weight is 627 g/mol. The van der Waals surface area contributed by atoms with Crippen LogP contribution in [0, 0.1) is 0 Å². The quantitative estimate of drug-likeness (QED) is 0.379. The van der Waals surface area contributed by atoms with E-state index in [1.54, 1.807) is 6.20 Å². The van der Waals surface area contributed by atoms with Gasteiger partial charge in [0, 0.05) is 62.3 Å². The highest BCUT2D eigenvalue weighted by molar-refractivity contribution is 5.91. The van der Waals surface area contributed by atoms with E-state index in [2.05, 4.69) is 31.8 Å². The number of carbonyl (C=O) groups is 3. The second-order valence-electron chi connectivity index (χ2n) is 13.4. The van der Waals surface area contributed by atoms with Crippen LogP contribution in [0.1, 0.15) is 56.1 Å². The number of piperidine rings is 3. The van der Waals surface area contributed by atoms with Crippen molar-refractivity contribution in [2.24, 2.45) is 0 Å². The summed E-state index contributed by atoms with van der Waals surface area (Å²) < 4.78 is 0. The minimum absolute atomic E-state index is 0.00609. The molecule has 1 atom stereocenters. The molecule has 11 heteroatoms. The highest BCUT2D eigenvalue weighted by Gasteiger charge is 2.35. The number of H-pyrrole nitrogens is 1. The van der Waals surface area contributed by atoms with Gasteiger partial charge in [0.2, 0.25) is 5.91 Å². The van der Waals surface area contributed by atoms with Crippen LogP contribution in [0.15, 0.2) is 48.7 Å². The molecule has 5 amide bonds. The summed E-state index contributed by atoms with van der Waals surface area (Å²) >= 11 is 0. The Morgan fingerprint density at radius 3 is 2.41 bits per heavy atom. The number of aromatic amines is 1. The molecule has 3 fully saturated rings. The number of benzene rings is 2. The van der Waals surface area contributed by atoms with Crippen LogP contribution in [0.5, 0.6) is 0 Å². The number of anilines is 1. The number of carbonyl (C=O) groups excluding carboxylic acids is 3. The zero-order valence-corrected chi connectivity index (χ0v) is 26.6. The van der Waals surface area contributed by atoms with Crippen LogP contribution < -0.4 is 10.6 Å². The molecule has 4 aliphatic heterocycles. The van der Waals surface area contributed by atoms with E-state index >= 15 is 0 Å². The standard InChI is InChI=1S/C35H46N8O3/c44-33(41-17-11-28(12-18-41)40-15-4-1-5-16-40)32(23-25-8-9-31-27(22-25)24-36-39-31)38-34(45)42-19-13-29(14-20-42)43-21-10-26-6-2-3-7-30(26)37-35(43)46/h2-3,6-9,22,24,28-29,32H,1,4-5,10-21,23H2,(H,36,39)(H,37,46)(H,38,45). The van der Waals surface area contributed by atoms with Gasteiger partial charge in [-0.05, 0) is 87.4 Å². The minimum atomic E-state index is -0.656. The number of rotatable bonds is 6. The maximum atomic E-state index is 14.0. The van der Waals surface area contributed by atoms with Crippen LogP contribution in [-0.2, 0) is 17.6 Å². The zero-order valence-electron chi connectivity index (χ0n) is 26.6. The third kappa shape index (κ3) is 6.70. The predicted octanol–water partition coefficient (Wildman–Crippen LogP) is 4.22. The lowest BCUT2D eigenvalue weighted by molar-refractivity contribution is -0.134. The van der Waals surface area contributed by atoms with Gasteiger partial charge in [0.1, 0.15) is 6.04 Å². The lowest BCUT2D eigenvalue weighted by Crippen LogP contribution is -2.57. The van der Waals surface area contributed by atoms with Crippen molar-refractivity contribution in [3.63, 3.8) is 0 Å². The summed E-state index contributed by atoms with van der Waals surface area (Å²) in [5.41, 5.74) is 3.96. The zero-order chi connectivity index (χ0) is 31.5. The Bertz CT molecular complexity index is 1540. The van der Waals surface area contributed by atoms with Crippen molar-refractivity contribution in [2.75, 3.05) is 51.1 Å². The van der Waals surface area contributed by atoms with Gasteiger partial charge in [-0.2, -0.15) is 5.10 Å². The average Bonchev–Trinajstić information content (AvgIpc) is 3.50. The highest BCUT2D eigenvalue weighted by atomic mass is 16.2. The van der Waals surface area contributed by atoms with Gasteiger partial charge in [-0.1, -0.05) is 30.7 Å². The number of aromatic nitrogens is 2. The number of fused-ring (bicyclic) bond motifs is 2. The smallest absolute Gasteiger partial charge is 0.322 e. The SMILES string of the molecule is O=C(NC(Cc1ccc2[nH]ncc2c1)C(=O)N1CCC(N2CCCCC2)CC1)N1CCC(N2CCc3ccccc3NC2=O)CC1. The Balaban J connectivity index is 0.986. The summed E-state index contributed by atoms with van der Waals surface area (Å²) in [5.74, 6) is -0.00609. The number of hydrogen-bond acceptors (Lipinski definition) is 5. The number of amides is 5. The van der Waals surface area contributed by atoms with Crippen molar-refractivity contribution in [1.29, 1.82) is 0 Å².